The molecule has 0 radical (unpaired) electrons. The molecule has 3 unspecified atom stereocenters. The third kappa shape index (κ3) is 58.0. The smallest absolute Gasteiger partial charge is 0.268 e. The molecule has 9 heteroatoms. The Morgan fingerprint density at radius 1 is 0.493 bits per heavy atom. The zero-order chi connectivity index (χ0) is 53.5. The second-order valence-corrected chi connectivity index (χ2v) is 24.2. The van der Waals surface area contributed by atoms with Crippen molar-refractivity contribution in [3.05, 3.63) is 48.6 Å². The number of hydrogen-bond acceptors (Lipinski definition) is 6. The van der Waals surface area contributed by atoms with Crippen molar-refractivity contribution in [3.63, 3.8) is 0 Å². The number of rotatable bonds is 58. The van der Waals surface area contributed by atoms with Crippen LogP contribution in [-0.2, 0) is 18.4 Å². The predicted molar refractivity (Wildman–Crippen MR) is 316 cm³/mol. The highest BCUT2D eigenvalue weighted by atomic mass is 31.2. The maximum absolute atomic E-state index is 13.0. The molecule has 1 amide bonds. The minimum atomic E-state index is -4.57. The number of aliphatic hydroxyl groups is 1. The van der Waals surface area contributed by atoms with Gasteiger partial charge >= 0.3 is 0 Å². The number of allylic oxidation sites excluding steroid dienone is 8. The largest absolute Gasteiger partial charge is 0.756 e. The van der Waals surface area contributed by atoms with E-state index in [9.17, 15) is 19.4 Å². The number of nitrogens with zero attached hydrogens (tertiary/aromatic N) is 1. The van der Waals surface area contributed by atoms with Crippen LogP contribution in [0.2, 0.25) is 0 Å². The van der Waals surface area contributed by atoms with Gasteiger partial charge in [-0.3, -0.25) is 9.36 Å². The van der Waals surface area contributed by atoms with Gasteiger partial charge in [-0.05, 0) is 51.4 Å². The van der Waals surface area contributed by atoms with Gasteiger partial charge in [0.25, 0.3) is 7.82 Å². The van der Waals surface area contributed by atoms with Crippen molar-refractivity contribution in [2.24, 2.45) is 0 Å². The van der Waals surface area contributed by atoms with E-state index in [-0.39, 0.29) is 19.1 Å². The second kappa shape index (κ2) is 55.2. The number of phosphoric ester groups is 1. The SMILES string of the molecule is CC/C=C\C/C=C\C/C=C\C/C=C\CCCCCCCCCCCCCCCCCCCCCCCCCCCCC(=O)NC(COP(=O)([O-])OCC[N+](C)(C)C)C(O)CCCCCCCCCCCCCC. The summed E-state index contributed by atoms with van der Waals surface area (Å²) in [5.41, 5.74) is 0. The molecular formula is C64H123N2O6P. The van der Waals surface area contributed by atoms with Crippen molar-refractivity contribution in [3.8, 4) is 0 Å². The highest BCUT2D eigenvalue weighted by molar-refractivity contribution is 7.45. The summed E-state index contributed by atoms with van der Waals surface area (Å²) in [7, 11) is 1.32. The number of aliphatic hydroxyl groups excluding tert-OH is 1. The Hall–Kier alpha value is -1.54. The van der Waals surface area contributed by atoms with Gasteiger partial charge in [-0.15, -0.1) is 0 Å². The second-order valence-electron chi connectivity index (χ2n) is 22.7. The Morgan fingerprint density at radius 3 is 1.22 bits per heavy atom. The third-order valence-corrected chi connectivity index (χ3v) is 15.3. The van der Waals surface area contributed by atoms with E-state index in [1.165, 1.54) is 212 Å². The molecule has 0 aliphatic heterocycles. The van der Waals surface area contributed by atoms with E-state index in [4.69, 9.17) is 9.05 Å². The summed E-state index contributed by atoms with van der Waals surface area (Å²) in [5, 5.41) is 14.0. The molecule has 0 saturated carbocycles. The van der Waals surface area contributed by atoms with Gasteiger partial charge in [0, 0.05) is 6.42 Å². The average molecular weight is 1050 g/mol. The van der Waals surface area contributed by atoms with E-state index >= 15 is 0 Å². The lowest BCUT2D eigenvalue weighted by Crippen LogP contribution is -2.46. The molecule has 0 bridgehead atoms. The molecule has 0 aromatic heterocycles. The molecule has 0 spiro atoms. The summed E-state index contributed by atoms with van der Waals surface area (Å²) in [5.74, 6) is -0.160. The Kier molecular flexibility index (Phi) is 54.1. The number of unbranched alkanes of at least 4 members (excludes halogenated alkanes) is 37. The van der Waals surface area contributed by atoms with Gasteiger partial charge in [0.2, 0.25) is 5.91 Å². The van der Waals surface area contributed by atoms with Gasteiger partial charge in [0.05, 0.1) is 39.9 Å². The van der Waals surface area contributed by atoms with Gasteiger partial charge in [-0.1, -0.05) is 294 Å². The molecular weight excluding hydrogens is 924 g/mol. The van der Waals surface area contributed by atoms with Crippen LogP contribution in [0.1, 0.15) is 303 Å². The Bertz CT molecular complexity index is 1330. The first-order chi connectivity index (χ1) is 35.5. The zero-order valence-corrected chi connectivity index (χ0v) is 50.0. The van der Waals surface area contributed by atoms with Crippen LogP contribution in [-0.4, -0.2) is 68.5 Å². The highest BCUT2D eigenvalue weighted by Crippen LogP contribution is 2.38. The van der Waals surface area contributed by atoms with Crippen LogP contribution in [0.3, 0.4) is 0 Å². The summed E-state index contributed by atoms with van der Waals surface area (Å²) in [6.45, 7) is 4.63. The summed E-state index contributed by atoms with van der Waals surface area (Å²) < 4.78 is 23.4. The van der Waals surface area contributed by atoms with E-state index in [0.717, 1.165) is 64.2 Å². The fraction of sp³-hybridized carbons (Fsp3) is 0.859. The van der Waals surface area contributed by atoms with E-state index in [1.54, 1.807) is 0 Å². The van der Waals surface area contributed by atoms with Crippen LogP contribution in [0, 0.1) is 0 Å². The van der Waals surface area contributed by atoms with Gasteiger partial charge in [-0.25, -0.2) is 0 Å². The van der Waals surface area contributed by atoms with E-state index in [1.807, 2.05) is 21.1 Å². The Labute approximate surface area is 454 Å². The van der Waals surface area contributed by atoms with Crippen molar-refractivity contribution in [2.75, 3.05) is 40.9 Å². The Balaban J connectivity index is 3.83. The van der Waals surface area contributed by atoms with Crippen molar-refractivity contribution in [2.45, 2.75) is 315 Å². The molecule has 3 atom stereocenters. The third-order valence-electron chi connectivity index (χ3n) is 14.3. The summed E-state index contributed by atoms with van der Waals surface area (Å²) in [4.78, 5) is 25.5. The first-order valence-electron chi connectivity index (χ1n) is 31.5. The first kappa shape index (κ1) is 71.5. The molecule has 0 saturated heterocycles. The number of phosphoric acid groups is 1. The first-order valence-corrected chi connectivity index (χ1v) is 32.9. The van der Waals surface area contributed by atoms with Crippen molar-refractivity contribution in [1.82, 2.24) is 5.32 Å². The minimum Gasteiger partial charge on any atom is -0.756 e. The van der Waals surface area contributed by atoms with E-state index in [0.29, 0.717) is 23.9 Å². The molecule has 0 aliphatic carbocycles. The molecule has 2 N–H and O–H groups in total. The normalized spacial score (nSPS) is 14.1. The number of nitrogens with one attached hydrogen (secondary N) is 1. The quantitative estimate of drug-likeness (QED) is 0.0272. The molecule has 430 valence electrons. The lowest BCUT2D eigenvalue weighted by atomic mass is 10.0. The molecule has 0 heterocycles. The fourth-order valence-corrected chi connectivity index (χ4v) is 10.2. The Morgan fingerprint density at radius 2 is 0.836 bits per heavy atom. The highest BCUT2D eigenvalue weighted by Gasteiger charge is 2.24. The molecule has 0 rings (SSSR count). The number of likely N-dealkylation sites (N-methyl/N-ethyl adjacent to an activating group) is 1. The van der Waals surface area contributed by atoms with Crippen LogP contribution < -0.4 is 10.2 Å². The van der Waals surface area contributed by atoms with Crippen LogP contribution in [0.5, 0.6) is 0 Å². The van der Waals surface area contributed by atoms with Gasteiger partial charge in [0.1, 0.15) is 13.2 Å². The van der Waals surface area contributed by atoms with Crippen LogP contribution >= 0.6 is 7.82 Å². The topological polar surface area (TPSA) is 108 Å². The van der Waals surface area contributed by atoms with Crippen molar-refractivity contribution >= 4 is 13.7 Å². The van der Waals surface area contributed by atoms with E-state index < -0.39 is 20.0 Å². The minimum absolute atomic E-state index is 0.0141. The number of quaternary nitrogens is 1. The number of carbonyl (C=O) groups is 1. The number of amides is 1. The molecule has 0 aromatic rings. The maximum atomic E-state index is 13.0. The summed E-state index contributed by atoms with van der Waals surface area (Å²) >= 11 is 0. The number of carbonyl (C=O) groups excluding carboxylic acids is 1. The predicted octanol–water partition coefficient (Wildman–Crippen LogP) is 18.9. The molecule has 0 fully saturated rings. The van der Waals surface area contributed by atoms with Crippen molar-refractivity contribution in [1.29, 1.82) is 0 Å². The van der Waals surface area contributed by atoms with Crippen molar-refractivity contribution < 1.29 is 32.9 Å². The lowest BCUT2D eigenvalue weighted by Gasteiger charge is -2.30. The van der Waals surface area contributed by atoms with Crippen LogP contribution in [0.25, 0.3) is 0 Å². The average Bonchev–Trinajstić information content (AvgIpc) is 3.35. The standard InChI is InChI=1S/C64H123N2O6P/c1-6-8-10-12-14-16-18-20-21-22-23-24-25-26-27-28-29-30-31-32-33-34-35-36-37-38-39-40-41-42-43-44-45-46-48-50-52-54-56-58-64(68)65-62(61-72-73(69,70)71-60-59-66(3,4)5)63(67)57-55-53-51-49-47-19-17-15-13-11-9-7-2/h8,10,14,16,20-21,23-24,62-63,67H,6-7,9,11-13,15,17-19,22,25-61H2,1-5H3,(H-,65,68,69,70)/b10-8-,16-14-,21-20-,24-23-. The maximum Gasteiger partial charge on any atom is 0.268 e. The molecule has 8 nitrogen and oxygen atoms in total. The summed E-state index contributed by atoms with van der Waals surface area (Å²) in [6.07, 6.45) is 73.3. The van der Waals surface area contributed by atoms with E-state index in [2.05, 4.69) is 67.8 Å². The fourth-order valence-electron chi connectivity index (χ4n) is 9.45. The summed E-state index contributed by atoms with van der Waals surface area (Å²) in [6, 6.07) is -0.797. The van der Waals surface area contributed by atoms with Gasteiger partial charge in [0.15, 0.2) is 0 Å². The molecule has 0 aromatic carbocycles. The molecule has 73 heavy (non-hydrogen) atoms. The van der Waals surface area contributed by atoms with Gasteiger partial charge < -0.3 is 28.8 Å². The van der Waals surface area contributed by atoms with Crippen LogP contribution in [0.4, 0.5) is 0 Å². The monoisotopic (exact) mass is 1050 g/mol. The zero-order valence-electron chi connectivity index (χ0n) is 49.1. The lowest BCUT2D eigenvalue weighted by molar-refractivity contribution is -0.870. The van der Waals surface area contributed by atoms with Crippen LogP contribution in [0.15, 0.2) is 48.6 Å². The molecule has 0 aliphatic rings. The van der Waals surface area contributed by atoms with Gasteiger partial charge in [-0.2, -0.15) is 0 Å². The number of hydrogen-bond donors (Lipinski definition) is 2.